The number of nitrogens with zero attached hydrogens (tertiary/aromatic N) is 3. The SMILES string of the molecule is CCOC(C)O/N=C\CCn1cc(-c2cccc(C(F)(F)F)c2)c(=O)[n+]2ccccc12. The molecular weight excluding hydrogens is 411 g/mol. The fourth-order valence-corrected chi connectivity index (χ4v) is 3.13. The Bertz CT molecular complexity index is 1130. The normalized spacial score (nSPS) is 13.1. The Morgan fingerprint density at radius 3 is 2.77 bits per heavy atom. The summed E-state index contributed by atoms with van der Waals surface area (Å²) < 4.78 is 47.8. The molecule has 1 aromatic carbocycles. The second-order valence-corrected chi connectivity index (χ2v) is 6.75. The van der Waals surface area contributed by atoms with Gasteiger partial charge in [0.25, 0.3) is 5.65 Å². The van der Waals surface area contributed by atoms with Gasteiger partial charge >= 0.3 is 11.7 Å². The van der Waals surface area contributed by atoms with Crippen LogP contribution in [0.4, 0.5) is 13.2 Å². The molecular formula is C22H23F3N3O3+. The predicted octanol–water partition coefficient (Wildman–Crippen LogP) is 4.05. The van der Waals surface area contributed by atoms with Gasteiger partial charge in [0.1, 0.15) is 11.8 Å². The second-order valence-electron chi connectivity index (χ2n) is 6.75. The number of aromatic nitrogens is 2. The van der Waals surface area contributed by atoms with Crippen LogP contribution >= 0.6 is 0 Å². The highest BCUT2D eigenvalue weighted by atomic mass is 19.4. The van der Waals surface area contributed by atoms with Gasteiger partial charge in [0, 0.05) is 32.2 Å². The second kappa shape index (κ2) is 9.74. The maximum atomic E-state index is 13.1. The number of pyridine rings is 1. The summed E-state index contributed by atoms with van der Waals surface area (Å²) in [6.07, 6.45) is 0.272. The van der Waals surface area contributed by atoms with Crippen LogP contribution in [0.1, 0.15) is 25.8 Å². The monoisotopic (exact) mass is 434 g/mol. The van der Waals surface area contributed by atoms with E-state index < -0.39 is 23.6 Å². The van der Waals surface area contributed by atoms with Crippen molar-refractivity contribution in [2.45, 2.75) is 39.3 Å². The molecule has 0 fully saturated rings. The van der Waals surface area contributed by atoms with Crippen molar-refractivity contribution in [2.24, 2.45) is 5.16 Å². The van der Waals surface area contributed by atoms with Crippen LogP contribution < -0.4 is 9.96 Å². The molecule has 0 aliphatic carbocycles. The van der Waals surface area contributed by atoms with E-state index in [1.165, 1.54) is 16.5 Å². The van der Waals surface area contributed by atoms with Gasteiger partial charge in [-0.05, 0) is 30.7 Å². The first-order chi connectivity index (χ1) is 14.8. The van der Waals surface area contributed by atoms with E-state index in [-0.39, 0.29) is 11.1 Å². The molecule has 3 aromatic rings. The number of aryl methyl sites for hydroxylation is 1. The van der Waals surface area contributed by atoms with Gasteiger partial charge in [0.2, 0.25) is 6.29 Å². The maximum absolute atomic E-state index is 13.1. The van der Waals surface area contributed by atoms with Crippen LogP contribution in [0.25, 0.3) is 16.8 Å². The fourth-order valence-electron chi connectivity index (χ4n) is 3.13. The van der Waals surface area contributed by atoms with Crippen molar-refractivity contribution in [1.82, 2.24) is 4.57 Å². The highest BCUT2D eigenvalue weighted by molar-refractivity contribution is 5.63. The molecule has 31 heavy (non-hydrogen) atoms. The lowest BCUT2D eigenvalue weighted by Crippen LogP contribution is -2.43. The van der Waals surface area contributed by atoms with E-state index in [1.54, 1.807) is 48.3 Å². The smallest absolute Gasteiger partial charge is 0.364 e. The number of hydrogen-bond donors (Lipinski definition) is 0. The minimum absolute atomic E-state index is 0.174. The van der Waals surface area contributed by atoms with E-state index in [0.29, 0.717) is 25.2 Å². The first-order valence-electron chi connectivity index (χ1n) is 9.82. The van der Waals surface area contributed by atoms with Gasteiger partial charge in [-0.3, -0.25) is 0 Å². The number of oxime groups is 1. The van der Waals surface area contributed by atoms with E-state index in [1.807, 2.05) is 6.92 Å². The average molecular weight is 434 g/mol. The summed E-state index contributed by atoms with van der Waals surface area (Å²) in [7, 11) is 0. The quantitative estimate of drug-likeness (QED) is 0.233. The molecule has 0 N–H and O–H groups in total. The largest absolute Gasteiger partial charge is 0.416 e. The van der Waals surface area contributed by atoms with Crippen molar-refractivity contribution in [3.05, 3.63) is 70.8 Å². The zero-order chi connectivity index (χ0) is 22.4. The lowest BCUT2D eigenvalue weighted by Gasteiger charge is -2.10. The van der Waals surface area contributed by atoms with Crippen LogP contribution in [-0.4, -0.2) is 23.7 Å². The van der Waals surface area contributed by atoms with Crippen molar-refractivity contribution in [3.8, 4) is 11.1 Å². The van der Waals surface area contributed by atoms with Gasteiger partial charge in [-0.25, -0.2) is 9.36 Å². The van der Waals surface area contributed by atoms with Crippen LogP contribution in [0.2, 0.25) is 0 Å². The van der Waals surface area contributed by atoms with Crippen molar-refractivity contribution in [3.63, 3.8) is 0 Å². The van der Waals surface area contributed by atoms with Crippen molar-refractivity contribution in [1.29, 1.82) is 0 Å². The van der Waals surface area contributed by atoms with Crippen molar-refractivity contribution >= 4 is 11.9 Å². The zero-order valence-corrected chi connectivity index (χ0v) is 17.2. The van der Waals surface area contributed by atoms with Crippen molar-refractivity contribution < 1.29 is 27.1 Å². The molecule has 6 nitrogen and oxygen atoms in total. The molecule has 0 spiro atoms. The van der Waals surface area contributed by atoms with Gasteiger partial charge in [-0.15, -0.1) is 0 Å². The first-order valence-corrected chi connectivity index (χ1v) is 9.82. The molecule has 0 saturated carbocycles. The lowest BCUT2D eigenvalue weighted by atomic mass is 10.1. The van der Waals surface area contributed by atoms with E-state index in [0.717, 1.165) is 12.1 Å². The number of halogens is 3. The number of alkyl halides is 3. The molecule has 1 unspecified atom stereocenters. The molecule has 164 valence electrons. The summed E-state index contributed by atoms with van der Waals surface area (Å²) in [6.45, 7) is 4.53. The van der Waals surface area contributed by atoms with Gasteiger partial charge in [0.15, 0.2) is 0 Å². The van der Waals surface area contributed by atoms with Gasteiger partial charge < -0.3 is 9.57 Å². The Morgan fingerprint density at radius 2 is 2.03 bits per heavy atom. The fraction of sp³-hybridized carbons (Fsp3) is 0.318. The Labute approximate surface area is 177 Å². The molecule has 2 aromatic heterocycles. The Kier molecular flexibility index (Phi) is 7.06. The Hall–Kier alpha value is -3.20. The van der Waals surface area contributed by atoms with E-state index >= 15 is 0 Å². The number of fused-ring (bicyclic) bond motifs is 1. The summed E-state index contributed by atoms with van der Waals surface area (Å²) in [6, 6.07) is 10.0. The molecule has 0 saturated heterocycles. The third-order valence-corrected chi connectivity index (χ3v) is 4.55. The number of rotatable bonds is 8. The van der Waals surface area contributed by atoms with E-state index in [4.69, 9.17) is 9.57 Å². The van der Waals surface area contributed by atoms with Crippen LogP contribution in [-0.2, 0) is 22.3 Å². The average Bonchev–Trinajstić information content (AvgIpc) is 2.75. The predicted molar refractivity (Wildman–Crippen MR) is 110 cm³/mol. The van der Waals surface area contributed by atoms with Gasteiger partial charge in [0.05, 0.1) is 18.3 Å². The number of hydrogen-bond acceptors (Lipinski definition) is 4. The standard InChI is InChI=1S/C22H23F3N3O3/c1-3-30-16(2)31-26-11-7-12-27-15-19(21(29)28-13-5-4-10-20(27)28)17-8-6-9-18(14-17)22(23,24)25/h4-6,8-11,13-16H,3,7,12H2,1-2H3/q+1/b26-11-. The highest BCUT2D eigenvalue weighted by Crippen LogP contribution is 2.31. The van der Waals surface area contributed by atoms with E-state index in [9.17, 15) is 18.0 Å². The summed E-state index contributed by atoms with van der Waals surface area (Å²) in [5.74, 6) is 0. The molecule has 0 bridgehead atoms. The topological polar surface area (TPSA) is 56.9 Å². The third-order valence-electron chi connectivity index (χ3n) is 4.55. The maximum Gasteiger partial charge on any atom is 0.416 e. The summed E-state index contributed by atoms with van der Waals surface area (Å²) in [4.78, 5) is 18.1. The van der Waals surface area contributed by atoms with Crippen LogP contribution in [0, 0.1) is 0 Å². The third kappa shape index (κ3) is 5.49. The molecule has 9 heteroatoms. The van der Waals surface area contributed by atoms with Crippen LogP contribution in [0.3, 0.4) is 0 Å². The van der Waals surface area contributed by atoms with Crippen LogP contribution in [0.15, 0.2) is 64.8 Å². The molecule has 2 heterocycles. The molecule has 0 aliphatic rings. The van der Waals surface area contributed by atoms with Crippen LogP contribution in [0.5, 0.6) is 0 Å². The van der Waals surface area contributed by atoms with Gasteiger partial charge in [-0.1, -0.05) is 23.4 Å². The minimum Gasteiger partial charge on any atom is -0.364 e. The Balaban J connectivity index is 1.93. The zero-order valence-electron chi connectivity index (χ0n) is 17.2. The molecule has 0 radical (unpaired) electrons. The molecule has 3 rings (SSSR count). The minimum atomic E-state index is -4.49. The lowest BCUT2D eigenvalue weighted by molar-refractivity contribution is -0.531. The highest BCUT2D eigenvalue weighted by Gasteiger charge is 2.31. The summed E-state index contributed by atoms with van der Waals surface area (Å²) in [5.41, 5.74) is -0.210. The number of benzene rings is 1. The van der Waals surface area contributed by atoms with E-state index in [2.05, 4.69) is 5.16 Å². The summed E-state index contributed by atoms with van der Waals surface area (Å²) >= 11 is 0. The number of ether oxygens (including phenoxy) is 1. The summed E-state index contributed by atoms with van der Waals surface area (Å²) in [5, 5.41) is 3.86. The Morgan fingerprint density at radius 1 is 1.23 bits per heavy atom. The van der Waals surface area contributed by atoms with Crippen molar-refractivity contribution in [2.75, 3.05) is 6.61 Å². The molecule has 0 amide bonds. The van der Waals surface area contributed by atoms with Gasteiger partial charge in [-0.2, -0.15) is 17.6 Å². The first kappa shape index (κ1) is 22.5. The molecule has 0 aliphatic heterocycles. The molecule has 1 atom stereocenters.